The van der Waals surface area contributed by atoms with Crippen LogP contribution in [0.3, 0.4) is 0 Å². The fraction of sp³-hybridized carbons (Fsp3) is 0.625. The van der Waals surface area contributed by atoms with Crippen LogP contribution in [0.15, 0.2) is 17.0 Å². The number of hydrogen-bond acceptors (Lipinski definition) is 2. The minimum Gasteiger partial charge on any atom is -0.308 e. The quantitative estimate of drug-likeness (QED) is 0.743. The first kappa shape index (κ1) is 17.4. The second-order valence-electron chi connectivity index (χ2n) is 6.32. The highest BCUT2D eigenvalue weighted by molar-refractivity contribution is 7.99. The van der Waals surface area contributed by atoms with E-state index in [4.69, 9.17) is 0 Å². The van der Waals surface area contributed by atoms with E-state index in [0.717, 1.165) is 12.2 Å². The van der Waals surface area contributed by atoms with Gasteiger partial charge in [0.2, 0.25) is 0 Å². The summed E-state index contributed by atoms with van der Waals surface area (Å²) < 4.78 is 28.0. The molecule has 1 aromatic carbocycles. The van der Waals surface area contributed by atoms with Crippen molar-refractivity contribution in [3.8, 4) is 0 Å². The Morgan fingerprint density at radius 3 is 2.20 bits per heavy atom. The van der Waals surface area contributed by atoms with E-state index in [1.165, 1.54) is 23.9 Å². The van der Waals surface area contributed by atoms with Gasteiger partial charge in [-0.2, -0.15) is 0 Å². The van der Waals surface area contributed by atoms with Crippen molar-refractivity contribution < 1.29 is 8.78 Å². The van der Waals surface area contributed by atoms with E-state index in [1.807, 2.05) is 20.8 Å². The van der Waals surface area contributed by atoms with Crippen LogP contribution >= 0.6 is 11.8 Å². The SMILES string of the molecule is CCC(C)CSc1c(F)cc(CNC(C)(C)C)cc1F. The highest BCUT2D eigenvalue weighted by Gasteiger charge is 2.14. The van der Waals surface area contributed by atoms with E-state index in [-0.39, 0.29) is 10.4 Å². The summed E-state index contributed by atoms with van der Waals surface area (Å²) in [5, 5.41) is 3.23. The average Bonchev–Trinajstić information content (AvgIpc) is 2.34. The Hall–Kier alpha value is -0.610. The lowest BCUT2D eigenvalue weighted by Gasteiger charge is -2.20. The normalized spacial score (nSPS) is 13.6. The standard InChI is InChI=1S/C16H25F2NS/c1-6-11(2)10-20-15-13(17)7-12(8-14(15)18)9-19-16(3,4)5/h7-8,11,19H,6,9-10H2,1-5H3. The molecular formula is C16H25F2NS. The van der Waals surface area contributed by atoms with Gasteiger partial charge < -0.3 is 5.32 Å². The van der Waals surface area contributed by atoms with Crippen LogP contribution in [-0.4, -0.2) is 11.3 Å². The lowest BCUT2D eigenvalue weighted by atomic mass is 10.1. The van der Waals surface area contributed by atoms with Crippen LogP contribution in [0.25, 0.3) is 0 Å². The first-order chi connectivity index (χ1) is 9.23. The highest BCUT2D eigenvalue weighted by atomic mass is 32.2. The van der Waals surface area contributed by atoms with Gasteiger partial charge in [0.15, 0.2) is 0 Å². The maximum absolute atomic E-state index is 14.0. The molecule has 4 heteroatoms. The van der Waals surface area contributed by atoms with E-state index in [1.54, 1.807) is 0 Å². The molecular weight excluding hydrogens is 276 g/mol. The number of hydrogen-bond donors (Lipinski definition) is 1. The van der Waals surface area contributed by atoms with Crippen LogP contribution in [-0.2, 0) is 6.54 Å². The van der Waals surface area contributed by atoms with Crippen LogP contribution in [0.1, 0.15) is 46.6 Å². The molecule has 1 aromatic rings. The van der Waals surface area contributed by atoms with Crippen molar-refractivity contribution in [1.82, 2.24) is 5.32 Å². The summed E-state index contributed by atoms with van der Waals surface area (Å²) in [6, 6.07) is 2.86. The van der Waals surface area contributed by atoms with Gasteiger partial charge in [-0.25, -0.2) is 8.78 Å². The summed E-state index contributed by atoms with van der Waals surface area (Å²) in [5.74, 6) is 0.290. The molecule has 0 amide bonds. The monoisotopic (exact) mass is 301 g/mol. The summed E-state index contributed by atoms with van der Waals surface area (Å²) in [6.45, 7) is 10.7. The van der Waals surface area contributed by atoms with E-state index >= 15 is 0 Å². The van der Waals surface area contributed by atoms with Gasteiger partial charge in [0, 0.05) is 17.8 Å². The summed E-state index contributed by atoms with van der Waals surface area (Å²) in [4.78, 5) is 0.143. The molecule has 0 fully saturated rings. The van der Waals surface area contributed by atoms with Gasteiger partial charge in [-0.15, -0.1) is 11.8 Å². The van der Waals surface area contributed by atoms with E-state index in [9.17, 15) is 8.78 Å². The minimum atomic E-state index is -0.455. The molecule has 0 bridgehead atoms. The third-order valence-corrected chi connectivity index (χ3v) is 4.50. The van der Waals surface area contributed by atoms with Crippen molar-refractivity contribution in [2.24, 2.45) is 5.92 Å². The number of halogens is 2. The fourth-order valence-corrected chi connectivity index (χ4v) is 2.64. The smallest absolute Gasteiger partial charge is 0.140 e. The molecule has 0 radical (unpaired) electrons. The molecule has 1 unspecified atom stereocenters. The van der Waals surface area contributed by atoms with Crippen LogP contribution in [0, 0.1) is 17.6 Å². The van der Waals surface area contributed by atoms with Crippen LogP contribution in [0.4, 0.5) is 8.78 Å². The molecule has 0 heterocycles. The Morgan fingerprint density at radius 2 is 1.75 bits per heavy atom. The topological polar surface area (TPSA) is 12.0 Å². The molecule has 0 aromatic heterocycles. The van der Waals surface area contributed by atoms with E-state index in [0.29, 0.717) is 18.0 Å². The Labute approximate surface area is 125 Å². The fourth-order valence-electron chi connectivity index (χ4n) is 1.56. The molecule has 1 nitrogen and oxygen atoms in total. The summed E-state index contributed by atoms with van der Waals surface area (Å²) in [5.41, 5.74) is 0.569. The Balaban J connectivity index is 2.76. The number of thioether (sulfide) groups is 1. The Bertz CT molecular complexity index is 418. The molecule has 0 aliphatic heterocycles. The van der Waals surface area contributed by atoms with Crippen molar-refractivity contribution in [2.45, 2.75) is 58.0 Å². The Morgan fingerprint density at radius 1 is 1.20 bits per heavy atom. The maximum atomic E-state index is 14.0. The number of nitrogens with one attached hydrogen (secondary N) is 1. The van der Waals surface area contributed by atoms with Crippen molar-refractivity contribution in [3.05, 3.63) is 29.3 Å². The third kappa shape index (κ3) is 5.80. The van der Waals surface area contributed by atoms with Crippen LogP contribution in [0.2, 0.25) is 0 Å². The molecule has 0 aliphatic rings. The largest absolute Gasteiger partial charge is 0.308 e. The molecule has 114 valence electrons. The lowest BCUT2D eigenvalue weighted by Crippen LogP contribution is -2.35. The maximum Gasteiger partial charge on any atom is 0.140 e. The average molecular weight is 301 g/mol. The summed E-state index contributed by atoms with van der Waals surface area (Å²) in [7, 11) is 0. The van der Waals surface area contributed by atoms with Crippen molar-refractivity contribution in [2.75, 3.05) is 5.75 Å². The third-order valence-electron chi connectivity index (χ3n) is 3.09. The van der Waals surface area contributed by atoms with Gasteiger partial charge in [-0.05, 0) is 44.4 Å². The van der Waals surface area contributed by atoms with Crippen molar-refractivity contribution >= 4 is 11.8 Å². The van der Waals surface area contributed by atoms with Gasteiger partial charge in [-0.3, -0.25) is 0 Å². The summed E-state index contributed by atoms with van der Waals surface area (Å²) in [6.07, 6.45) is 1.02. The van der Waals surface area contributed by atoms with Gasteiger partial charge in [0.1, 0.15) is 11.6 Å². The predicted molar refractivity (Wildman–Crippen MR) is 83.1 cm³/mol. The molecule has 20 heavy (non-hydrogen) atoms. The zero-order chi connectivity index (χ0) is 15.3. The molecule has 0 aliphatic carbocycles. The second-order valence-corrected chi connectivity index (χ2v) is 7.35. The zero-order valence-corrected chi connectivity index (χ0v) is 13.8. The first-order valence-corrected chi connectivity index (χ1v) is 8.07. The van der Waals surface area contributed by atoms with Crippen LogP contribution in [0.5, 0.6) is 0 Å². The van der Waals surface area contributed by atoms with Gasteiger partial charge in [-0.1, -0.05) is 20.3 Å². The number of benzene rings is 1. The first-order valence-electron chi connectivity index (χ1n) is 7.08. The molecule has 1 atom stereocenters. The summed E-state index contributed by atoms with van der Waals surface area (Å²) >= 11 is 1.27. The van der Waals surface area contributed by atoms with Crippen molar-refractivity contribution in [3.63, 3.8) is 0 Å². The minimum absolute atomic E-state index is 0.0725. The van der Waals surface area contributed by atoms with E-state index in [2.05, 4.69) is 19.2 Å². The molecule has 1 N–H and O–H groups in total. The highest BCUT2D eigenvalue weighted by Crippen LogP contribution is 2.28. The molecule has 0 saturated heterocycles. The molecule has 0 saturated carbocycles. The second kappa shape index (κ2) is 7.41. The molecule has 0 spiro atoms. The lowest BCUT2D eigenvalue weighted by molar-refractivity contribution is 0.422. The number of rotatable bonds is 6. The van der Waals surface area contributed by atoms with Crippen LogP contribution < -0.4 is 5.32 Å². The predicted octanol–water partition coefficient (Wildman–Crippen LogP) is 4.99. The van der Waals surface area contributed by atoms with E-state index < -0.39 is 11.6 Å². The van der Waals surface area contributed by atoms with Gasteiger partial charge in [0.25, 0.3) is 0 Å². The van der Waals surface area contributed by atoms with Crippen molar-refractivity contribution in [1.29, 1.82) is 0 Å². The molecule has 1 rings (SSSR count). The van der Waals surface area contributed by atoms with Gasteiger partial charge >= 0.3 is 0 Å². The zero-order valence-electron chi connectivity index (χ0n) is 13.0. The Kier molecular flexibility index (Phi) is 6.46. The van der Waals surface area contributed by atoms with Gasteiger partial charge in [0.05, 0.1) is 4.90 Å².